The molecule has 0 atom stereocenters. The van der Waals surface area contributed by atoms with Crippen molar-refractivity contribution >= 4 is 7.82 Å². The summed E-state index contributed by atoms with van der Waals surface area (Å²) in [4.78, 5) is 21.6. The van der Waals surface area contributed by atoms with Gasteiger partial charge in [-0.05, 0) is 69.5 Å². The Bertz CT molecular complexity index is 1040. The maximum absolute atomic E-state index is 8.88. The Morgan fingerprint density at radius 1 is 0.621 bits per heavy atom. The molecule has 0 amide bonds. The Kier molecular flexibility index (Phi) is 7.39. The molecule has 0 bridgehead atoms. The molecule has 3 aromatic rings. The lowest BCUT2D eigenvalue weighted by Gasteiger charge is -2.16. The molecule has 154 valence electrons. The first kappa shape index (κ1) is 22.9. The molecule has 0 aliphatic carbocycles. The topological polar surface area (TPSA) is 87.0 Å². The van der Waals surface area contributed by atoms with Crippen LogP contribution in [-0.4, -0.2) is 14.7 Å². The van der Waals surface area contributed by atoms with Gasteiger partial charge in [0.25, 0.3) is 0 Å². The average Bonchev–Trinajstić information content (AvgIpc) is 2.57. The van der Waals surface area contributed by atoms with Crippen molar-refractivity contribution in [2.75, 3.05) is 0 Å². The standard InChI is InChI=1S/C23H24O.H3O4P/c1-15-6-9-20(18(4)12-15)21-14-17(3)8-11-23(21)24-22-10-7-16(2)13-19(22)5;1-5(2,3)4/h6-14H,1-5H3;(H3,1,2,3,4). The Morgan fingerprint density at radius 3 is 1.59 bits per heavy atom. The maximum Gasteiger partial charge on any atom is 0.466 e. The lowest BCUT2D eigenvalue weighted by Crippen LogP contribution is -1.93. The fraction of sp³-hybridized carbons (Fsp3) is 0.217. The van der Waals surface area contributed by atoms with Crippen LogP contribution in [-0.2, 0) is 4.57 Å². The van der Waals surface area contributed by atoms with Gasteiger partial charge < -0.3 is 19.4 Å². The highest BCUT2D eigenvalue weighted by Gasteiger charge is 2.11. The van der Waals surface area contributed by atoms with Crippen LogP contribution in [0.1, 0.15) is 27.8 Å². The van der Waals surface area contributed by atoms with Gasteiger partial charge in [-0.25, -0.2) is 4.57 Å². The third kappa shape index (κ3) is 7.15. The second-order valence-electron chi connectivity index (χ2n) is 7.20. The summed E-state index contributed by atoms with van der Waals surface area (Å²) in [5, 5.41) is 0. The van der Waals surface area contributed by atoms with Gasteiger partial charge in [0.2, 0.25) is 0 Å². The van der Waals surface area contributed by atoms with Gasteiger partial charge in [0.05, 0.1) is 0 Å². The summed E-state index contributed by atoms with van der Waals surface area (Å²) in [6.07, 6.45) is 0. The lowest BCUT2D eigenvalue weighted by atomic mass is 9.96. The van der Waals surface area contributed by atoms with Gasteiger partial charge in [-0.1, -0.05) is 53.1 Å². The van der Waals surface area contributed by atoms with Crippen LogP contribution in [0, 0.1) is 34.6 Å². The number of hydrogen-bond donors (Lipinski definition) is 3. The van der Waals surface area contributed by atoms with E-state index in [2.05, 4.69) is 89.2 Å². The van der Waals surface area contributed by atoms with Crippen molar-refractivity contribution < 1.29 is 24.0 Å². The molecule has 0 unspecified atom stereocenters. The average molecular weight is 414 g/mol. The highest BCUT2D eigenvalue weighted by molar-refractivity contribution is 7.45. The van der Waals surface area contributed by atoms with Crippen molar-refractivity contribution in [3.8, 4) is 22.6 Å². The monoisotopic (exact) mass is 414 g/mol. The molecule has 0 saturated heterocycles. The van der Waals surface area contributed by atoms with Gasteiger partial charge in [0, 0.05) is 5.56 Å². The number of hydrogen-bond acceptors (Lipinski definition) is 2. The molecule has 0 saturated carbocycles. The summed E-state index contributed by atoms with van der Waals surface area (Å²) in [5.41, 5.74) is 8.56. The predicted octanol–water partition coefficient (Wildman–Crippen LogP) is 5.76. The van der Waals surface area contributed by atoms with E-state index in [0.29, 0.717) is 0 Å². The second kappa shape index (κ2) is 9.38. The van der Waals surface area contributed by atoms with Crippen LogP contribution in [0.4, 0.5) is 0 Å². The molecule has 3 rings (SSSR count). The van der Waals surface area contributed by atoms with E-state index in [0.717, 1.165) is 22.6 Å². The molecule has 6 heteroatoms. The molecule has 0 radical (unpaired) electrons. The first-order valence-electron chi connectivity index (χ1n) is 9.15. The summed E-state index contributed by atoms with van der Waals surface area (Å²) >= 11 is 0. The van der Waals surface area contributed by atoms with Crippen LogP contribution in [0.5, 0.6) is 11.5 Å². The van der Waals surface area contributed by atoms with Crippen molar-refractivity contribution in [3.63, 3.8) is 0 Å². The molecular weight excluding hydrogens is 387 g/mol. The van der Waals surface area contributed by atoms with Crippen molar-refractivity contribution in [2.45, 2.75) is 34.6 Å². The van der Waals surface area contributed by atoms with Crippen LogP contribution in [0.3, 0.4) is 0 Å². The normalized spacial score (nSPS) is 10.9. The van der Waals surface area contributed by atoms with Gasteiger partial charge >= 0.3 is 7.82 Å². The molecule has 0 aromatic heterocycles. The fourth-order valence-corrected chi connectivity index (χ4v) is 3.09. The highest BCUT2D eigenvalue weighted by atomic mass is 31.2. The van der Waals surface area contributed by atoms with Crippen molar-refractivity contribution in [2.24, 2.45) is 0 Å². The van der Waals surface area contributed by atoms with E-state index in [9.17, 15) is 0 Å². The van der Waals surface area contributed by atoms with Crippen molar-refractivity contribution in [3.05, 3.63) is 82.4 Å². The van der Waals surface area contributed by atoms with Crippen molar-refractivity contribution in [1.82, 2.24) is 0 Å². The number of rotatable bonds is 3. The molecule has 3 N–H and O–H groups in total. The third-order valence-electron chi connectivity index (χ3n) is 4.36. The fourth-order valence-electron chi connectivity index (χ4n) is 3.09. The van der Waals surface area contributed by atoms with Crippen LogP contribution >= 0.6 is 7.82 Å². The van der Waals surface area contributed by atoms with Crippen molar-refractivity contribution in [1.29, 1.82) is 0 Å². The van der Waals surface area contributed by atoms with Gasteiger partial charge in [0.15, 0.2) is 0 Å². The molecule has 0 fully saturated rings. The van der Waals surface area contributed by atoms with Gasteiger partial charge in [0.1, 0.15) is 11.5 Å². The van der Waals surface area contributed by atoms with E-state index in [1.54, 1.807) is 0 Å². The zero-order chi connectivity index (χ0) is 21.8. The molecule has 0 heterocycles. The van der Waals surface area contributed by atoms with E-state index in [1.807, 2.05) is 0 Å². The van der Waals surface area contributed by atoms with E-state index in [-0.39, 0.29) is 0 Å². The van der Waals surface area contributed by atoms with Gasteiger partial charge in [-0.2, -0.15) is 0 Å². The van der Waals surface area contributed by atoms with Crippen LogP contribution in [0.2, 0.25) is 0 Å². The van der Waals surface area contributed by atoms with E-state index < -0.39 is 7.82 Å². The molecule has 3 aromatic carbocycles. The van der Waals surface area contributed by atoms with Gasteiger partial charge in [-0.15, -0.1) is 0 Å². The minimum absolute atomic E-state index is 0.902. The number of ether oxygens (including phenoxy) is 1. The molecule has 29 heavy (non-hydrogen) atoms. The van der Waals surface area contributed by atoms with E-state index in [1.165, 1.54) is 27.8 Å². The minimum Gasteiger partial charge on any atom is -0.456 e. The quantitative estimate of drug-likeness (QED) is 0.475. The van der Waals surface area contributed by atoms with Crippen LogP contribution < -0.4 is 4.74 Å². The lowest BCUT2D eigenvalue weighted by molar-refractivity contribution is 0.275. The molecule has 0 spiro atoms. The Morgan fingerprint density at radius 2 is 1.07 bits per heavy atom. The smallest absolute Gasteiger partial charge is 0.456 e. The summed E-state index contributed by atoms with van der Waals surface area (Å²) in [7, 11) is -4.64. The Labute approximate surface area is 171 Å². The largest absolute Gasteiger partial charge is 0.466 e. The van der Waals surface area contributed by atoms with E-state index >= 15 is 0 Å². The second-order valence-corrected chi connectivity index (χ2v) is 8.23. The predicted molar refractivity (Wildman–Crippen MR) is 116 cm³/mol. The molecule has 0 aliphatic rings. The number of benzene rings is 3. The van der Waals surface area contributed by atoms with E-state index in [4.69, 9.17) is 24.0 Å². The number of aryl methyl sites for hydroxylation is 5. The Hall–Kier alpha value is -2.43. The Balaban J connectivity index is 0.000000537. The zero-order valence-electron chi connectivity index (χ0n) is 17.3. The summed E-state index contributed by atoms with van der Waals surface area (Å²) in [6.45, 7) is 10.6. The maximum atomic E-state index is 8.88. The summed E-state index contributed by atoms with van der Waals surface area (Å²) in [5.74, 6) is 1.81. The third-order valence-corrected chi connectivity index (χ3v) is 4.36. The molecule has 0 aliphatic heterocycles. The molecule has 5 nitrogen and oxygen atoms in total. The minimum atomic E-state index is -4.64. The van der Waals surface area contributed by atoms with Crippen LogP contribution in [0.25, 0.3) is 11.1 Å². The van der Waals surface area contributed by atoms with Gasteiger partial charge in [-0.3, -0.25) is 0 Å². The number of phosphoric acid groups is 1. The molecular formula is C23H27O5P. The highest BCUT2D eigenvalue weighted by Crippen LogP contribution is 2.37. The van der Waals surface area contributed by atoms with Crippen LogP contribution in [0.15, 0.2) is 54.6 Å². The zero-order valence-corrected chi connectivity index (χ0v) is 18.2. The summed E-state index contributed by atoms with van der Waals surface area (Å²) < 4.78 is 15.2. The summed E-state index contributed by atoms with van der Waals surface area (Å²) in [6, 6.07) is 19.2. The first-order chi connectivity index (χ1) is 13.4. The SMILES string of the molecule is Cc1ccc(Oc2ccc(C)cc2-c2ccc(C)cc2C)c(C)c1.O=P(O)(O)O. The first-order valence-corrected chi connectivity index (χ1v) is 10.7.